The maximum absolute atomic E-state index is 13.9. The molecule has 0 aliphatic carbocycles. The Labute approximate surface area is 245 Å². The Morgan fingerprint density at radius 1 is 0.833 bits per heavy atom. The number of rotatable bonds is 5. The number of nitrogens with zero attached hydrogens (tertiary/aromatic N) is 3. The van der Waals surface area contributed by atoms with Crippen LogP contribution in [-0.2, 0) is 16.4 Å². The van der Waals surface area contributed by atoms with Gasteiger partial charge < -0.3 is 19.4 Å². The third kappa shape index (κ3) is 5.00. The van der Waals surface area contributed by atoms with Gasteiger partial charge in [0.25, 0.3) is 11.8 Å². The Hall–Kier alpha value is -4.63. The van der Waals surface area contributed by atoms with Crippen molar-refractivity contribution in [2.45, 2.75) is 23.3 Å². The van der Waals surface area contributed by atoms with Gasteiger partial charge in [-0.05, 0) is 67.1 Å². The Balaban J connectivity index is 1.33. The van der Waals surface area contributed by atoms with Gasteiger partial charge in [-0.2, -0.15) is 0 Å². The van der Waals surface area contributed by atoms with E-state index >= 15 is 0 Å². The molecule has 0 spiro atoms. The molecule has 214 valence electrons. The van der Waals surface area contributed by atoms with Crippen LogP contribution in [0.4, 0.5) is 11.4 Å². The molecular formula is C33H31N3O5S. The van der Waals surface area contributed by atoms with Crippen molar-refractivity contribution in [1.82, 2.24) is 4.90 Å². The maximum Gasteiger partial charge on any atom is 0.259 e. The summed E-state index contributed by atoms with van der Waals surface area (Å²) >= 11 is 0. The number of aryl methyl sites for hydroxylation is 1. The molecule has 2 aliphatic heterocycles. The van der Waals surface area contributed by atoms with Crippen molar-refractivity contribution in [3.8, 4) is 5.75 Å². The number of hydrogen-bond acceptors (Lipinski definition) is 6. The van der Waals surface area contributed by atoms with Crippen LogP contribution in [0.15, 0.2) is 101 Å². The highest BCUT2D eigenvalue weighted by Gasteiger charge is 2.36. The van der Waals surface area contributed by atoms with Crippen LogP contribution in [-0.4, -0.2) is 58.4 Å². The molecule has 0 unspecified atom stereocenters. The normalized spacial score (nSPS) is 16.0. The average molecular weight is 582 g/mol. The van der Waals surface area contributed by atoms with Crippen LogP contribution < -0.4 is 14.5 Å². The highest BCUT2D eigenvalue weighted by Crippen LogP contribution is 2.38. The van der Waals surface area contributed by atoms with Gasteiger partial charge in [-0.1, -0.05) is 42.0 Å². The molecule has 2 aliphatic rings. The number of methoxy groups -OCH3 is 1. The molecule has 1 saturated heterocycles. The first-order valence-corrected chi connectivity index (χ1v) is 15.3. The van der Waals surface area contributed by atoms with Crippen LogP contribution in [0.3, 0.4) is 0 Å². The topological polar surface area (TPSA) is 87.2 Å². The summed E-state index contributed by atoms with van der Waals surface area (Å²) in [6.07, 6.45) is 0. The van der Waals surface area contributed by atoms with Gasteiger partial charge >= 0.3 is 0 Å². The van der Waals surface area contributed by atoms with E-state index in [1.807, 2.05) is 55.5 Å². The molecular weight excluding hydrogens is 550 g/mol. The molecule has 2 heterocycles. The maximum atomic E-state index is 13.9. The fourth-order valence-corrected chi connectivity index (χ4v) is 7.26. The predicted octanol–water partition coefficient (Wildman–Crippen LogP) is 4.96. The number of piperazine rings is 1. The lowest BCUT2D eigenvalue weighted by atomic mass is 10.1. The molecule has 6 rings (SSSR count). The van der Waals surface area contributed by atoms with Crippen molar-refractivity contribution >= 4 is 33.0 Å². The lowest BCUT2D eigenvalue weighted by Crippen LogP contribution is -2.48. The highest BCUT2D eigenvalue weighted by atomic mass is 32.2. The van der Waals surface area contributed by atoms with Gasteiger partial charge in [-0.25, -0.2) is 8.42 Å². The summed E-state index contributed by atoms with van der Waals surface area (Å²) in [6, 6.07) is 26.4. The first kappa shape index (κ1) is 27.5. The Bertz CT molecular complexity index is 1780. The number of fused-ring (bicyclic) bond motifs is 2. The molecule has 8 nitrogen and oxygen atoms in total. The van der Waals surface area contributed by atoms with E-state index in [0.717, 1.165) is 22.6 Å². The van der Waals surface area contributed by atoms with E-state index in [2.05, 4.69) is 4.90 Å². The second-order valence-electron chi connectivity index (χ2n) is 10.5. The average Bonchev–Trinajstić information content (AvgIpc) is 3.08. The fourth-order valence-electron chi connectivity index (χ4n) is 5.63. The van der Waals surface area contributed by atoms with Crippen LogP contribution in [0, 0.1) is 6.92 Å². The molecule has 0 atom stereocenters. The number of amides is 2. The number of hydrogen-bond donors (Lipinski definition) is 0. The number of carbonyl (C=O) groups excluding carboxylic acids is 2. The van der Waals surface area contributed by atoms with Gasteiger partial charge in [0.15, 0.2) is 0 Å². The van der Waals surface area contributed by atoms with E-state index in [1.165, 1.54) is 17.0 Å². The van der Waals surface area contributed by atoms with Crippen LogP contribution >= 0.6 is 0 Å². The largest absolute Gasteiger partial charge is 0.497 e. The fraction of sp³-hybridized carbons (Fsp3) is 0.212. The summed E-state index contributed by atoms with van der Waals surface area (Å²) in [6.45, 7) is 4.47. The molecule has 1 fully saturated rings. The number of carbonyl (C=O) groups is 2. The number of anilines is 2. The smallest absolute Gasteiger partial charge is 0.259 e. The van der Waals surface area contributed by atoms with Crippen LogP contribution in [0.1, 0.15) is 31.8 Å². The Morgan fingerprint density at radius 3 is 2.29 bits per heavy atom. The standard InChI is InChI=1S/C33H31N3O5S/c1-23-6-5-7-24(20-23)22-36-29-21-25(10-15-31(29)42(39,40)30-9-4-3-8-28(30)33(36)38)32(37)35-18-16-34(17-19-35)26-11-13-27(41-2)14-12-26/h3-15,20-21H,16-19,22H2,1-2H3. The van der Waals surface area contributed by atoms with E-state index in [0.29, 0.717) is 31.7 Å². The van der Waals surface area contributed by atoms with E-state index in [9.17, 15) is 18.0 Å². The minimum absolute atomic E-state index is 0.00864. The second kappa shape index (κ2) is 11.0. The van der Waals surface area contributed by atoms with Crippen LogP contribution in [0.25, 0.3) is 0 Å². The number of sulfone groups is 1. The summed E-state index contributed by atoms with van der Waals surface area (Å²) in [4.78, 5) is 33.1. The minimum atomic E-state index is -4.02. The predicted molar refractivity (Wildman–Crippen MR) is 161 cm³/mol. The SMILES string of the molecule is COc1ccc(N2CCN(C(=O)c3ccc4c(c3)N(Cc3cccc(C)c3)C(=O)c3ccccc3S4(=O)=O)CC2)cc1. The van der Waals surface area contributed by atoms with E-state index in [-0.39, 0.29) is 33.5 Å². The van der Waals surface area contributed by atoms with Gasteiger partial charge in [0.2, 0.25) is 9.84 Å². The summed E-state index contributed by atoms with van der Waals surface area (Å²) in [5, 5.41) is 0. The lowest BCUT2D eigenvalue weighted by Gasteiger charge is -2.36. The van der Waals surface area contributed by atoms with Gasteiger partial charge in [-0.15, -0.1) is 0 Å². The lowest BCUT2D eigenvalue weighted by molar-refractivity contribution is 0.0746. The molecule has 4 aromatic carbocycles. The van der Waals surface area contributed by atoms with Crippen molar-refractivity contribution < 1.29 is 22.7 Å². The van der Waals surface area contributed by atoms with Crippen molar-refractivity contribution in [2.75, 3.05) is 43.1 Å². The first-order chi connectivity index (χ1) is 20.3. The first-order valence-electron chi connectivity index (χ1n) is 13.8. The molecule has 0 radical (unpaired) electrons. The molecule has 0 bridgehead atoms. The van der Waals surface area contributed by atoms with Gasteiger partial charge in [0, 0.05) is 37.4 Å². The highest BCUT2D eigenvalue weighted by molar-refractivity contribution is 7.91. The molecule has 0 N–H and O–H groups in total. The van der Waals surface area contributed by atoms with Crippen molar-refractivity contribution in [3.05, 3.63) is 113 Å². The van der Waals surface area contributed by atoms with Crippen LogP contribution in [0.2, 0.25) is 0 Å². The van der Waals surface area contributed by atoms with Crippen molar-refractivity contribution in [1.29, 1.82) is 0 Å². The van der Waals surface area contributed by atoms with Gasteiger partial charge in [0.05, 0.1) is 34.7 Å². The summed E-state index contributed by atoms with van der Waals surface area (Å²) in [7, 11) is -2.38. The monoisotopic (exact) mass is 581 g/mol. The van der Waals surface area contributed by atoms with E-state index < -0.39 is 15.7 Å². The molecule has 42 heavy (non-hydrogen) atoms. The molecule has 2 amide bonds. The summed E-state index contributed by atoms with van der Waals surface area (Å²) in [5.74, 6) is 0.164. The summed E-state index contributed by atoms with van der Waals surface area (Å²) in [5.41, 5.74) is 3.61. The molecule has 9 heteroatoms. The quantitative estimate of drug-likeness (QED) is 0.331. The van der Waals surface area contributed by atoms with E-state index in [1.54, 1.807) is 42.3 Å². The van der Waals surface area contributed by atoms with Gasteiger partial charge in [-0.3, -0.25) is 9.59 Å². The van der Waals surface area contributed by atoms with Crippen molar-refractivity contribution in [3.63, 3.8) is 0 Å². The minimum Gasteiger partial charge on any atom is -0.497 e. The zero-order valence-corrected chi connectivity index (χ0v) is 24.3. The second-order valence-corrected chi connectivity index (χ2v) is 12.4. The number of benzene rings is 4. The summed E-state index contributed by atoms with van der Waals surface area (Å²) < 4.78 is 32.9. The van der Waals surface area contributed by atoms with Crippen molar-refractivity contribution in [2.24, 2.45) is 0 Å². The number of ether oxygens (including phenoxy) is 1. The Morgan fingerprint density at radius 2 is 1.57 bits per heavy atom. The van der Waals surface area contributed by atoms with Gasteiger partial charge in [0.1, 0.15) is 5.75 Å². The Kier molecular flexibility index (Phi) is 7.20. The zero-order chi connectivity index (χ0) is 29.4. The van der Waals surface area contributed by atoms with Crippen LogP contribution in [0.5, 0.6) is 5.75 Å². The molecule has 0 saturated carbocycles. The zero-order valence-electron chi connectivity index (χ0n) is 23.5. The third-order valence-corrected chi connectivity index (χ3v) is 9.73. The molecule has 4 aromatic rings. The van der Waals surface area contributed by atoms with E-state index in [4.69, 9.17) is 4.74 Å². The molecule has 0 aromatic heterocycles. The third-order valence-electron chi connectivity index (χ3n) is 7.87.